The average molecular weight is 437 g/mol. The van der Waals surface area contributed by atoms with Gasteiger partial charge in [-0.05, 0) is 25.0 Å². The van der Waals surface area contributed by atoms with Crippen LogP contribution in [0.25, 0.3) is 0 Å². The first kappa shape index (κ1) is 20.0. The molecule has 29 heavy (non-hydrogen) atoms. The number of nitrogens with zero attached hydrogens (tertiary/aromatic N) is 4. The monoisotopic (exact) mass is 436 g/mol. The lowest BCUT2D eigenvalue weighted by molar-refractivity contribution is -0.130. The van der Waals surface area contributed by atoms with Crippen LogP contribution in [0.2, 0.25) is 10.0 Å². The molecular weight excluding hydrogens is 415 g/mol. The second-order valence-corrected chi connectivity index (χ2v) is 8.40. The fourth-order valence-corrected chi connectivity index (χ4v) is 4.69. The first-order valence-electron chi connectivity index (χ1n) is 9.62. The minimum absolute atomic E-state index is 0.0450. The van der Waals surface area contributed by atoms with Gasteiger partial charge in [0.05, 0.1) is 28.0 Å². The van der Waals surface area contributed by atoms with Crippen molar-refractivity contribution in [1.29, 1.82) is 0 Å². The van der Waals surface area contributed by atoms with E-state index in [2.05, 4.69) is 5.10 Å². The third-order valence-electron chi connectivity index (χ3n) is 5.83. The molecule has 154 valence electrons. The lowest BCUT2D eigenvalue weighted by atomic mass is 9.97. The Hall–Kier alpha value is -2.25. The minimum atomic E-state index is -0.240. The number of hydrogen-bond donors (Lipinski definition) is 1. The number of likely N-dealkylation sites (tertiary alicyclic amines) is 1. The summed E-state index contributed by atoms with van der Waals surface area (Å²) < 4.78 is 1.89. The summed E-state index contributed by atoms with van der Waals surface area (Å²) in [4.78, 5) is 27.7. The summed E-state index contributed by atoms with van der Waals surface area (Å²) in [6, 6.07) is 3.25. The summed E-state index contributed by atoms with van der Waals surface area (Å²) in [5, 5.41) is 15.3. The molecule has 2 amide bonds. The number of hydrogen-bond acceptors (Lipinski definition) is 4. The summed E-state index contributed by atoms with van der Waals surface area (Å²) in [5.41, 5.74) is 1.24. The molecule has 3 heterocycles. The van der Waals surface area contributed by atoms with Gasteiger partial charge in [0.2, 0.25) is 11.8 Å². The smallest absolute Gasteiger partial charge is 0.227 e. The third kappa shape index (κ3) is 3.81. The van der Waals surface area contributed by atoms with Gasteiger partial charge in [-0.1, -0.05) is 23.2 Å². The number of anilines is 1. The third-order valence-corrected chi connectivity index (χ3v) is 6.65. The molecule has 2 aromatic rings. The van der Waals surface area contributed by atoms with E-state index in [1.165, 1.54) is 6.07 Å². The van der Waals surface area contributed by atoms with Crippen molar-refractivity contribution in [1.82, 2.24) is 14.7 Å². The quantitative estimate of drug-likeness (QED) is 0.796. The fraction of sp³-hybridized carbons (Fsp3) is 0.450. The maximum absolute atomic E-state index is 12.7. The molecule has 0 spiro atoms. The van der Waals surface area contributed by atoms with Crippen molar-refractivity contribution in [3.05, 3.63) is 40.1 Å². The predicted octanol–water partition coefficient (Wildman–Crippen LogP) is 3.60. The first-order chi connectivity index (χ1) is 13.8. The van der Waals surface area contributed by atoms with Gasteiger partial charge < -0.3 is 14.9 Å². The van der Waals surface area contributed by atoms with Crippen molar-refractivity contribution in [3.8, 4) is 5.75 Å². The van der Waals surface area contributed by atoms with Crippen LogP contribution in [0.15, 0.2) is 24.5 Å². The van der Waals surface area contributed by atoms with Gasteiger partial charge in [0.15, 0.2) is 0 Å². The summed E-state index contributed by atoms with van der Waals surface area (Å²) in [7, 11) is 0. The molecule has 0 bridgehead atoms. The minimum Gasteiger partial charge on any atom is -0.508 e. The van der Waals surface area contributed by atoms with Crippen molar-refractivity contribution in [3.63, 3.8) is 0 Å². The van der Waals surface area contributed by atoms with E-state index in [4.69, 9.17) is 23.2 Å². The molecule has 1 aromatic heterocycles. The number of halogens is 2. The number of phenols is 1. The van der Waals surface area contributed by atoms with Crippen molar-refractivity contribution in [2.45, 2.75) is 38.1 Å². The number of rotatable bonds is 3. The molecule has 0 unspecified atom stereocenters. The summed E-state index contributed by atoms with van der Waals surface area (Å²) >= 11 is 12.4. The van der Waals surface area contributed by atoms with Crippen LogP contribution in [0.4, 0.5) is 5.69 Å². The molecule has 2 aliphatic rings. The van der Waals surface area contributed by atoms with Crippen molar-refractivity contribution in [2.75, 3.05) is 24.5 Å². The maximum atomic E-state index is 12.7. The van der Waals surface area contributed by atoms with E-state index >= 15 is 0 Å². The topological polar surface area (TPSA) is 78.7 Å². The molecule has 1 atom stereocenters. The second-order valence-electron chi connectivity index (χ2n) is 7.62. The van der Waals surface area contributed by atoms with Crippen LogP contribution in [0, 0.1) is 0 Å². The molecule has 0 saturated carbocycles. The number of carbonyl (C=O) groups excluding carboxylic acids is 2. The Kier molecular flexibility index (Phi) is 5.44. The average Bonchev–Trinajstić information content (AvgIpc) is 3.32. The number of carbonyl (C=O) groups is 2. The number of piperidine rings is 1. The van der Waals surface area contributed by atoms with Crippen LogP contribution in [0.1, 0.15) is 43.7 Å². The Morgan fingerprint density at radius 1 is 1.24 bits per heavy atom. The number of aromatic hydroxyl groups is 1. The summed E-state index contributed by atoms with van der Waals surface area (Å²) in [5.74, 6) is -0.138. The van der Waals surface area contributed by atoms with E-state index in [0.717, 1.165) is 18.5 Å². The highest BCUT2D eigenvalue weighted by atomic mass is 35.5. The van der Waals surface area contributed by atoms with Crippen LogP contribution in [-0.4, -0.2) is 51.2 Å². The zero-order chi connectivity index (χ0) is 20.7. The van der Waals surface area contributed by atoms with E-state index in [1.807, 2.05) is 15.8 Å². The SMILES string of the molecule is CC(=O)N1CCC(n2cc(N3C[C@H](c4c(O)ccc(Cl)c4Cl)CC3=O)cn2)CC1. The molecule has 1 aromatic carbocycles. The molecule has 9 heteroatoms. The molecule has 2 fully saturated rings. The number of amides is 2. The van der Waals surface area contributed by atoms with Crippen LogP contribution in [-0.2, 0) is 9.59 Å². The van der Waals surface area contributed by atoms with Crippen molar-refractivity contribution >= 4 is 40.7 Å². The molecule has 4 rings (SSSR count). The van der Waals surface area contributed by atoms with E-state index in [0.29, 0.717) is 35.2 Å². The van der Waals surface area contributed by atoms with E-state index in [-0.39, 0.29) is 35.9 Å². The maximum Gasteiger partial charge on any atom is 0.227 e. The van der Waals surface area contributed by atoms with Gasteiger partial charge in [0.1, 0.15) is 5.75 Å². The Morgan fingerprint density at radius 2 is 1.97 bits per heavy atom. The number of aromatic nitrogens is 2. The van der Waals surface area contributed by atoms with E-state index in [9.17, 15) is 14.7 Å². The van der Waals surface area contributed by atoms with Gasteiger partial charge in [0.25, 0.3) is 0 Å². The largest absolute Gasteiger partial charge is 0.508 e. The van der Waals surface area contributed by atoms with Gasteiger partial charge in [-0.15, -0.1) is 0 Å². The standard InChI is InChI=1S/C20H22Cl2N4O3/c1-12(27)24-6-4-14(5-7-24)26-11-15(9-23-26)25-10-13(8-18(25)29)19-17(28)3-2-16(21)20(19)22/h2-3,9,11,13-14,28H,4-8,10H2,1H3/t13-/m1/s1. The Balaban J connectivity index is 1.49. The molecule has 0 aliphatic carbocycles. The Labute approximate surface area is 178 Å². The number of phenolic OH excluding ortho intramolecular Hbond substituents is 1. The molecule has 0 radical (unpaired) electrons. The Bertz CT molecular complexity index is 953. The fourth-order valence-electron chi connectivity index (χ4n) is 4.21. The zero-order valence-corrected chi connectivity index (χ0v) is 17.5. The summed E-state index contributed by atoms with van der Waals surface area (Å²) in [6.45, 7) is 3.42. The van der Waals surface area contributed by atoms with Crippen molar-refractivity contribution in [2.24, 2.45) is 0 Å². The van der Waals surface area contributed by atoms with E-state index in [1.54, 1.807) is 24.1 Å². The van der Waals surface area contributed by atoms with Gasteiger partial charge >= 0.3 is 0 Å². The first-order valence-corrected chi connectivity index (χ1v) is 10.4. The molecule has 7 nitrogen and oxygen atoms in total. The van der Waals surface area contributed by atoms with Crippen LogP contribution >= 0.6 is 23.2 Å². The molecular formula is C20H22Cl2N4O3. The van der Waals surface area contributed by atoms with Crippen LogP contribution < -0.4 is 4.90 Å². The highest BCUT2D eigenvalue weighted by molar-refractivity contribution is 6.42. The Morgan fingerprint density at radius 3 is 2.66 bits per heavy atom. The highest BCUT2D eigenvalue weighted by Gasteiger charge is 2.35. The van der Waals surface area contributed by atoms with Gasteiger partial charge in [-0.3, -0.25) is 14.3 Å². The predicted molar refractivity (Wildman–Crippen MR) is 111 cm³/mol. The normalized spacial score (nSPS) is 20.5. The zero-order valence-electron chi connectivity index (χ0n) is 16.0. The van der Waals surface area contributed by atoms with Gasteiger partial charge in [-0.2, -0.15) is 5.10 Å². The molecule has 2 aliphatic heterocycles. The van der Waals surface area contributed by atoms with Gasteiger partial charge in [-0.25, -0.2) is 0 Å². The molecule has 1 N–H and O–H groups in total. The number of benzene rings is 1. The van der Waals surface area contributed by atoms with E-state index < -0.39 is 0 Å². The second kappa shape index (κ2) is 7.88. The van der Waals surface area contributed by atoms with Crippen LogP contribution in [0.5, 0.6) is 5.75 Å². The lowest BCUT2D eigenvalue weighted by Gasteiger charge is -2.31. The lowest BCUT2D eigenvalue weighted by Crippen LogP contribution is -2.37. The highest BCUT2D eigenvalue weighted by Crippen LogP contribution is 2.42. The van der Waals surface area contributed by atoms with Crippen molar-refractivity contribution < 1.29 is 14.7 Å². The van der Waals surface area contributed by atoms with Gasteiger partial charge in [0, 0.05) is 50.7 Å². The van der Waals surface area contributed by atoms with Crippen LogP contribution in [0.3, 0.4) is 0 Å². The molecule has 2 saturated heterocycles. The summed E-state index contributed by atoms with van der Waals surface area (Å²) in [6.07, 6.45) is 5.49.